The minimum atomic E-state index is -0.119. The van der Waals surface area contributed by atoms with Gasteiger partial charge in [0, 0.05) is 14.1 Å². The molecule has 0 amide bonds. The lowest BCUT2D eigenvalue weighted by molar-refractivity contribution is 0.566. The molecule has 0 aliphatic rings. The predicted molar refractivity (Wildman–Crippen MR) is 38.2 cm³/mol. The van der Waals surface area contributed by atoms with Crippen molar-refractivity contribution < 1.29 is 4.42 Å². The van der Waals surface area contributed by atoms with E-state index in [1.807, 2.05) is 0 Å². The van der Waals surface area contributed by atoms with Gasteiger partial charge in [-0.25, -0.2) is 4.79 Å². The lowest BCUT2D eigenvalue weighted by Crippen LogP contribution is -2.19. The topological polar surface area (TPSA) is 53.0 Å². The molecule has 0 aliphatic carbocycles. The molecule has 5 nitrogen and oxygen atoms in total. The maximum absolute atomic E-state index is 11.2. The maximum Gasteiger partial charge on any atom is 0.332 e. The monoisotopic (exact) mass is 153 g/mol. The van der Waals surface area contributed by atoms with Crippen LogP contribution in [0.5, 0.6) is 0 Å². The van der Waals surface area contributed by atoms with Crippen molar-refractivity contribution in [2.75, 3.05) is 0 Å². The Morgan fingerprint density at radius 2 is 2.18 bits per heavy atom. The second kappa shape index (κ2) is 1.75. The van der Waals surface area contributed by atoms with Gasteiger partial charge in [0.1, 0.15) is 0 Å². The van der Waals surface area contributed by atoms with Crippen molar-refractivity contribution in [1.29, 1.82) is 0 Å². The van der Waals surface area contributed by atoms with Gasteiger partial charge in [0.25, 0.3) is 0 Å². The van der Waals surface area contributed by atoms with Crippen LogP contribution < -0.4 is 5.69 Å². The Kier molecular flexibility index (Phi) is 0.986. The summed E-state index contributed by atoms with van der Waals surface area (Å²) >= 11 is 0. The van der Waals surface area contributed by atoms with E-state index >= 15 is 0 Å². The highest BCUT2D eigenvalue weighted by Crippen LogP contribution is 2.06. The highest BCUT2D eigenvalue weighted by Gasteiger charge is 2.10. The molecule has 0 spiro atoms. The highest BCUT2D eigenvalue weighted by molar-refractivity contribution is 5.63. The summed E-state index contributed by atoms with van der Waals surface area (Å²) in [5.74, 6) is 0. The zero-order valence-corrected chi connectivity index (χ0v) is 6.24. The van der Waals surface area contributed by atoms with E-state index in [2.05, 4.69) is 4.98 Å². The van der Waals surface area contributed by atoms with E-state index in [9.17, 15) is 4.79 Å². The van der Waals surface area contributed by atoms with E-state index in [0.717, 1.165) is 0 Å². The van der Waals surface area contributed by atoms with Crippen LogP contribution in [0, 0.1) is 0 Å². The quantitative estimate of drug-likeness (QED) is 0.529. The van der Waals surface area contributed by atoms with Gasteiger partial charge in [-0.15, -0.1) is 0 Å². The fraction of sp³-hybridized carbons (Fsp3) is 0.333. The molecule has 0 fully saturated rings. The first-order chi connectivity index (χ1) is 5.22. The fourth-order valence-corrected chi connectivity index (χ4v) is 1.10. The van der Waals surface area contributed by atoms with E-state index < -0.39 is 0 Å². The van der Waals surface area contributed by atoms with Gasteiger partial charge >= 0.3 is 5.69 Å². The van der Waals surface area contributed by atoms with E-state index in [-0.39, 0.29) is 5.69 Å². The molecule has 2 aromatic heterocycles. The minimum absolute atomic E-state index is 0.119. The number of hydrogen-bond donors (Lipinski definition) is 0. The highest BCUT2D eigenvalue weighted by atomic mass is 16.3. The molecule has 0 aliphatic heterocycles. The first-order valence-corrected chi connectivity index (χ1v) is 3.16. The number of aryl methyl sites for hydroxylation is 2. The number of hydrogen-bond acceptors (Lipinski definition) is 3. The Hall–Kier alpha value is -1.52. The average molecular weight is 153 g/mol. The van der Waals surface area contributed by atoms with Gasteiger partial charge in [-0.3, -0.25) is 9.13 Å². The molecule has 0 saturated carbocycles. The lowest BCUT2D eigenvalue weighted by atomic mass is 10.8. The van der Waals surface area contributed by atoms with Gasteiger partial charge in [0.15, 0.2) is 6.39 Å². The summed E-state index contributed by atoms with van der Waals surface area (Å²) in [5.41, 5.74) is 0.974. The summed E-state index contributed by atoms with van der Waals surface area (Å²) in [4.78, 5) is 15.1. The van der Waals surface area contributed by atoms with Gasteiger partial charge in [-0.1, -0.05) is 0 Å². The van der Waals surface area contributed by atoms with Crippen molar-refractivity contribution in [1.82, 2.24) is 14.1 Å². The molecule has 0 saturated heterocycles. The normalized spacial score (nSPS) is 11.1. The van der Waals surface area contributed by atoms with E-state index in [4.69, 9.17) is 4.42 Å². The Morgan fingerprint density at radius 1 is 1.45 bits per heavy atom. The van der Waals surface area contributed by atoms with Gasteiger partial charge in [-0.2, -0.15) is 4.98 Å². The fourth-order valence-electron chi connectivity index (χ4n) is 1.10. The number of oxazole rings is 1. The third-order valence-corrected chi connectivity index (χ3v) is 1.73. The van der Waals surface area contributed by atoms with Gasteiger partial charge in [-0.05, 0) is 0 Å². The number of imidazole rings is 1. The van der Waals surface area contributed by atoms with Crippen LogP contribution in [0.25, 0.3) is 11.4 Å². The van der Waals surface area contributed by atoms with Crippen LogP contribution in [0.4, 0.5) is 0 Å². The molecule has 0 aromatic carbocycles. The number of aromatic nitrogens is 3. The van der Waals surface area contributed by atoms with Gasteiger partial charge in [0.2, 0.25) is 11.4 Å². The van der Waals surface area contributed by atoms with Crippen LogP contribution >= 0.6 is 0 Å². The molecule has 0 atom stereocenters. The van der Waals surface area contributed by atoms with Crippen molar-refractivity contribution in [2.45, 2.75) is 0 Å². The SMILES string of the molecule is Cn1c(=O)n(C)c2ocnc21. The Bertz CT molecular complexity index is 410. The number of fused-ring (bicyclic) bond motifs is 1. The average Bonchev–Trinajstić information content (AvgIpc) is 2.53. The Labute approximate surface area is 61.9 Å². The summed E-state index contributed by atoms with van der Waals surface area (Å²) in [6.45, 7) is 0. The first kappa shape index (κ1) is 6.21. The van der Waals surface area contributed by atoms with Crippen LogP contribution in [-0.4, -0.2) is 14.1 Å². The molecular weight excluding hydrogens is 146 g/mol. The summed E-state index contributed by atoms with van der Waals surface area (Å²) < 4.78 is 7.84. The van der Waals surface area contributed by atoms with Crippen molar-refractivity contribution >= 4 is 11.4 Å². The molecule has 2 heterocycles. The molecule has 0 N–H and O–H groups in total. The molecule has 5 heteroatoms. The second-order valence-corrected chi connectivity index (χ2v) is 2.38. The molecule has 58 valence electrons. The summed E-state index contributed by atoms with van der Waals surface area (Å²) in [6, 6.07) is 0. The second-order valence-electron chi connectivity index (χ2n) is 2.38. The van der Waals surface area contributed by atoms with Crippen LogP contribution in [0.15, 0.2) is 15.6 Å². The van der Waals surface area contributed by atoms with Crippen molar-refractivity contribution in [3.8, 4) is 0 Å². The number of nitrogens with zero attached hydrogens (tertiary/aromatic N) is 3. The van der Waals surface area contributed by atoms with E-state index in [0.29, 0.717) is 11.4 Å². The van der Waals surface area contributed by atoms with Crippen LogP contribution in [0.3, 0.4) is 0 Å². The van der Waals surface area contributed by atoms with Crippen LogP contribution in [0.2, 0.25) is 0 Å². The number of rotatable bonds is 0. The van der Waals surface area contributed by atoms with Crippen molar-refractivity contribution in [3.63, 3.8) is 0 Å². The van der Waals surface area contributed by atoms with Gasteiger partial charge < -0.3 is 4.42 Å². The summed E-state index contributed by atoms with van der Waals surface area (Å²) in [6.07, 6.45) is 1.32. The van der Waals surface area contributed by atoms with Gasteiger partial charge in [0.05, 0.1) is 0 Å². The van der Waals surface area contributed by atoms with E-state index in [1.165, 1.54) is 15.5 Å². The molecule has 0 bridgehead atoms. The minimum Gasteiger partial charge on any atom is -0.425 e. The van der Waals surface area contributed by atoms with Crippen LogP contribution in [-0.2, 0) is 14.1 Å². The molecule has 2 aromatic rings. The first-order valence-electron chi connectivity index (χ1n) is 3.16. The molecule has 2 rings (SSSR count). The Morgan fingerprint density at radius 3 is 2.82 bits per heavy atom. The zero-order chi connectivity index (χ0) is 8.01. The standard InChI is InChI=1S/C6H7N3O2/c1-8-4-5(11-3-7-4)9(2)6(8)10/h3H,1-2H3. The third-order valence-electron chi connectivity index (χ3n) is 1.73. The maximum atomic E-state index is 11.2. The largest absolute Gasteiger partial charge is 0.425 e. The lowest BCUT2D eigenvalue weighted by Gasteiger charge is -1.84. The summed E-state index contributed by atoms with van der Waals surface area (Å²) in [7, 11) is 3.31. The molecule has 0 unspecified atom stereocenters. The smallest absolute Gasteiger partial charge is 0.332 e. The molecule has 11 heavy (non-hydrogen) atoms. The van der Waals surface area contributed by atoms with Crippen molar-refractivity contribution in [3.05, 3.63) is 16.9 Å². The van der Waals surface area contributed by atoms with E-state index in [1.54, 1.807) is 14.1 Å². The van der Waals surface area contributed by atoms with Crippen LogP contribution in [0.1, 0.15) is 0 Å². The molecular formula is C6H7N3O2. The third kappa shape index (κ3) is 0.594. The Balaban J connectivity index is 3.12. The molecule has 0 radical (unpaired) electrons. The predicted octanol–water partition coefficient (Wildman–Crippen LogP) is -0.135. The van der Waals surface area contributed by atoms with Crippen molar-refractivity contribution in [2.24, 2.45) is 14.1 Å². The zero-order valence-electron chi connectivity index (χ0n) is 6.24. The summed E-state index contributed by atoms with van der Waals surface area (Å²) in [5, 5.41) is 0.